The Morgan fingerprint density at radius 2 is 1.87 bits per heavy atom. The first-order valence-corrected chi connectivity index (χ1v) is 12.3. The van der Waals surface area contributed by atoms with Crippen molar-refractivity contribution in [3.05, 3.63) is 59.2 Å². The van der Waals surface area contributed by atoms with E-state index in [1.165, 1.54) is 18.5 Å². The lowest BCUT2D eigenvalue weighted by Crippen LogP contribution is -2.34. The minimum absolute atomic E-state index is 0.167. The fourth-order valence-corrected chi connectivity index (χ4v) is 4.45. The van der Waals surface area contributed by atoms with E-state index in [4.69, 9.17) is 0 Å². The molecule has 6 nitrogen and oxygen atoms in total. The first-order chi connectivity index (χ1) is 14.1. The Kier molecular flexibility index (Phi) is 6.71. The van der Waals surface area contributed by atoms with Crippen molar-refractivity contribution < 1.29 is 13.2 Å². The molecular formula is C23H31N3O3S. The number of carbonyl (C=O) groups excluding carboxylic acids is 1. The Hall–Kier alpha value is -2.54. The molecule has 162 valence electrons. The fraction of sp³-hybridized carbons (Fsp3) is 0.435. The van der Waals surface area contributed by atoms with E-state index in [9.17, 15) is 13.2 Å². The van der Waals surface area contributed by atoms with Gasteiger partial charge in [-0.2, -0.15) is 0 Å². The fourth-order valence-electron chi connectivity index (χ4n) is 3.83. The normalized spacial score (nSPS) is 18.0. The molecule has 0 radical (unpaired) electrons. The van der Waals surface area contributed by atoms with Gasteiger partial charge in [-0.3, -0.25) is 9.52 Å². The summed E-state index contributed by atoms with van der Waals surface area (Å²) in [6.45, 7) is 8.21. The van der Waals surface area contributed by atoms with Crippen LogP contribution in [-0.4, -0.2) is 33.7 Å². The van der Waals surface area contributed by atoms with Gasteiger partial charge in [0.1, 0.15) is 0 Å². The van der Waals surface area contributed by atoms with E-state index < -0.39 is 10.0 Å². The van der Waals surface area contributed by atoms with Crippen LogP contribution in [0, 0.1) is 12.8 Å². The minimum Gasteiger partial charge on any atom is -0.371 e. The largest absolute Gasteiger partial charge is 0.371 e. The summed E-state index contributed by atoms with van der Waals surface area (Å²) in [7, 11) is -3.41. The summed E-state index contributed by atoms with van der Waals surface area (Å²) < 4.78 is 25.5. The van der Waals surface area contributed by atoms with Crippen LogP contribution in [0.2, 0.25) is 0 Å². The van der Waals surface area contributed by atoms with Crippen molar-refractivity contribution in [2.45, 2.75) is 39.7 Å². The first kappa shape index (κ1) is 22.2. The zero-order chi connectivity index (χ0) is 21.9. The average Bonchev–Trinajstić information content (AvgIpc) is 2.68. The molecule has 7 heteroatoms. The SMILES string of the molecule is Cc1ccc(C(=O)N[C@@H](C)c2ccc(N3CCC[C@@H](C)C3)cc2)cc1NS(C)(=O)=O. The van der Waals surface area contributed by atoms with E-state index in [1.807, 2.05) is 6.92 Å². The zero-order valence-corrected chi connectivity index (χ0v) is 18.9. The molecule has 0 bridgehead atoms. The summed E-state index contributed by atoms with van der Waals surface area (Å²) in [4.78, 5) is 15.1. The molecule has 0 aliphatic carbocycles. The Balaban J connectivity index is 1.67. The molecule has 1 aliphatic rings. The second kappa shape index (κ2) is 9.08. The number of carbonyl (C=O) groups is 1. The molecule has 1 saturated heterocycles. The Labute approximate surface area is 179 Å². The molecule has 1 heterocycles. The maximum Gasteiger partial charge on any atom is 0.251 e. The van der Waals surface area contributed by atoms with Crippen LogP contribution in [0.15, 0.2) is 42.5 Å². The molecule has 1 amide bonds. The molecule has 3 rings (SSSR count). The number of hydrogen-bond acceptors (Lipinski definition) is 4. The van der Waals surface area contributed by atoms with Crippen molar-refractivity contribution in [1.29, 1.82) is 0 Å². The first-order valence-electron chi connectivity index (χ1n) is 10.4. The lowest BCUT2D eigenvalue weighted by molar-refractivity contribution is 0.0940. The minimum atomic E-state index is -3.41. The van der Waals surface area contributed by atoms with Crippen molar-refractivity contribution in [2.24, 2.45) is 5.92 Å². The zero-order valence-electron chi connectivity index (χ0n) is 18.1. The third-order valence-electron chi connectivity index (χ3n) is 5.56. The van der Waals surface area contributed by atoms with Crippen LogP contribution in [-0.2, 0) is 10.0 Å². The number of benzene rings is 2. The summed E-state index contributed by atoms with van der Waals surface area (Å²) in [5, 5.41) is 3.00. The molecule has 2 aromatic carbocycles. The Morgan fingerprint density at radius 1 is 1.17 bits per heavy atom. The molecule has 1 aliphatic heterocycles. The smallest absolute Gasteiger partial charge is 0.251 e. The van der Waals surface area contributed by atoms with Crippen molar-refractivity contribution in [1.82, 2.24) is 5.32 Å². The van der Waals surface area contributed by atoms with Gasteiger partial charge in [0.15, 0.2) is 0 Å². The van der Waals surface area contributed by atoms with Gasteiger partial charge in [0.2, 0.25) is 10.0 Å². The van der Waals surface area contributed by atoms with Gasteiger partial charge in [-0.05, 0) is 68.0 Å². The van der Waals surface area contributed by atoms with Crippen LogP contribution >= 0.6 is 0 Å². The molecule has 0 spiro atoms. The second-order valence-corrected chi connectivity index (χ2v) is 10.1. The standard InChI is InChI=1S/C23H31N3O3S/c1-16-6-5-13-26(15-16)21-11-9-19(10-12-21)18(3)24-23(27)20-8-7-17(2)22(14-20)25-30(4,28)29/h7-12,14,16,18,25H,5-6,13,15H2,1-4H3,(H,24,27)/t16-,18+/m1/s1. The number of sulfonamides is 1. The maximum atomic E-state index is 12.7. The number of hydrogen-bond donors (Lipinski definition) is 2. The predicted octanol–water partition coefficient (Wildman–Crippen LogP) is 4.09. The summed E-state index contributed by atoms with van der Waals surface area (Å²) in [5.41, 5.74) is 3.83. The number of aryl methyl sites for hydroxylation is 1. The van der Waals surface area contributed by atoms with E-state index in [0.29, 0.717) is 17.2 Å². The highest BCUT2D eigenvalue weighted by atomic mass is 32.2. The molecule has 2 N–H and O–H groups in total. The van der Waals surface area contributed by atoms with E-state index >= 15 is 0 Å². The van der Waals surface area contributed by atoms with Crippen LogP contribution < -0.4 is 14.9 Å². The van der Waals surface area contributed by atoms with Crippen LogP contribution in [0.5, 0.6) is 0 Å². The molecule has 0 saturated carbocycles. The number of rotatable bonds is 6. The van der Waals surface area contributed by atoms with Gasteiger partial charge in [-0.25, -0.2) is 8.42 Å². The van der Waals surface area contributed by atoms with Gasteiger partial charge in [0, 0.05) is 24.3 Å². The Bertz CT molecular complexity index is 1000. The third-order valence-corrected chi connectivity index (χ3v) is 6.15. The van der Waals surface area contributed by atoms with E-state index in [1.54, 1.807) is 25.1 Å². The Morgan fingerprint density at radius 3 is 2.50 bits per heavy atom. The molecule has 30 heavy (non-hydrogen) atoms. The molecule has 2 aromatic rings. The molecule has 2 atom stereocenters. The predicted molar refractivity (Wildman–Crippen MR) is 123 cm³/mol. The molecule has 1 fully saturated rings. The van der Waals surface area contributed by atoms with Crippen LogP contribution in [0.1, 0.15) is 54.2 Å². The van der Waals surface area contributed by atoms with Crippen molar-refractivity contribution in [3.8, 4) is 0 Å². The molecule has 0 aromatic heterocycles. The van der Waals surface area contributed by atoms with Gasteiger partial charge in [0.05, 0.1) is 18.0 Å². The highest BCUT2D eigenvalue weighted by Gasteiger charge is 2.18. The summed E-state index contributed by atoms with van der Waals surface area (Å²) in [5.74, 6) is 0.473. The van der Waals surface area contributed by atoms with Crippen LogP contribution in [0.3, 0.4) is 0 Å². The van der Waals surface area contributed by atoms with Gasteiger partial charge in [-0.1, -0.05) is 25.1 Å². The van der Waals surface area contributed by atoms with Crippen molar-refractivity contribution in [2.75, 3.05) is 29.0 Å². The number of anilines is 2. The van der Waals surface area contributed by atoms with Gasteiger partial charge >= 0.3 is 0 Å². The van der Waals surface area contributed by atoms with E-state index in [0.717, 1.165) is 30.5 Å². The highest BCUT2D eigenvalue weighted by molar-refractivity contribution is 7.92. The second-order valence-electron chi connectivity index (χ2n) is 8.38. The number of amides is 1. The molecular weight excluding hydrogens is 398 g/mol. The number of piperidine rings is 1. The van der Waals surface area contributed by atoms with Crippen molar-refractivity contribution >= 4 is 27.3 Å². The van der Waals surface area contributed by atoms with Crippen LogP contribution in [0.25, 0.3) is 0 Å². The monoisotopic (exact) mass is 429 g/mol. The van der Waals surface area contributed by atoms with E-state index in [-0.39, 0.29) is 11.9 Å². The lowest BCUT2D eigenvalue weighted by Gasteiger charge is -2.33. The van der Waals surface area contributed by atoms with Crippen molar-refractivity contribution in [3.63, 3.8) is 0 Å². The third kappa shape index (κ3) is 5.75. The highest BCUT2D eigenvalue weighted by Crippen LogP contribution is 2.25. The number of nitrogens with one attached hydrogen (secondary N) is 2. The summed E-state index contributed by atoms with van der Waals surface area (Å²) in [6.07, 6.45) is 3.61. The van der Waals surface area contributed by atoms with Gasteiger partial charge in [0.25, 0.3) is 5.91 Å². The van der Waals surface area contributed by atoms with E-state index in [2.05, 4.69) is 46.1 Å². The lowest BCUT2D eigenvalue weighted by atomic mass is 9.99. The number of nitrogens with zero attached hydrogens (tertiary/aromatic N) is 1. The van der Waals surface area contributed by atoms with Gasteiger partial charge in [-0.15, -0.1) is 0 Å². The topological polar surface area (TPSA) is 78.5 Å². The molecule has 0 unspecified atom stereocenters. The summed E-state index contributed by atoms with van der Waals surface area (Å²) >= 11 is 0. The quantitative estimate of drug-likeness (QED) is 0.725. The van der Waals surface area contributed by atoms with Gasteiger partial charge < -0.3 is 10.2 Å². The summed E-state index contributed by atoms with van der Waals surface area (Å²) in [6, 6.07) is 13.2. The average molecular weight is 430 g/mol. The maximum absolute atomic E-state index is 12.7. The van der Waals surface area contributed by atoms with Crippen LogP contribution in [0.4, 0.5) is 11.4 Å².